The molecule has 24 heavy (non-hydrogen) atoms. The highest BCUT2D eigenvalue weighted by atomic mass is 19.1. The average molecular weight is 326 g/mol. The molecule has 0 atom stereocenters. The van der Waals surface area contributed by atoms with Gasteiger partial charge in [-0.15, -0.1) is 0 Å². The van der Waals surface area contributed by atoms with Crippen LogP contribution in [0.3, 0.4) is 0 Å². The third-order valence-electron chi connectivity index (χ3n) is 3.44. The van der Waals surface area contributed by atoms with E-state index in [9.17, 15) is 9.18 Å². The molecule has 3 nitrogen and oxygen atoms in total. The Morgan fingerprint density at radius 1 is 1.12 bits per heavy atom. The van der Waals surface area contributed by atoms with Gasteiger partial charge >= 0.3 is 5.97 Å². The molecule has 0 saturated carbocycles. The monoisotopic (exact) mass is 326 g/mol. The van der Waals surface area contributed by atoms with Gasteiger partial charge in [0, 0.05) is 0 Å². The van der Waals surface area contributed by atoms with Gasteiger partial charge in [-0.2, -0.15) is 0 Å². The molecule has 0 fully saturated rings. The van der Waals surface area contributed by atoms with Crippen LogP contribution in [-0.4, -0.2) is 19.7 Å². The first-order chi connectivity index (χ1) is 11.5. The van der Waals surface area contributed by atoms with Crippen molar-refractivity contribution in [2.75, 3.05) is 13.7 Å². The zero-order valence-electron chi connectivity index (χ0n) is 13.7. The van der Waals surface area contributed by atoms with Gasteiger partial charge in [-0.25, -0.2) is 9.18 Å². The van der Waals surface area contributed by atoms with E-state index in [1.807, 2.05) is 12.1 Å². The Morgan fingerprint density at radius 2 is 1.75 bits per heavy atom. The summed E-state index contributed by atoms with van der Waals surface area (Å²) in [6, 6.07) is 13.1. The molecule has 0 heterocycles. The van der Waals surface area contributed by atoms with Crippen molar-refractivity contribution in [3.8, 4) is 5.75 Å². The number of hydrogen-bond acceptors (Lipinski definition) is 3. The molecule has 0 aromatic heterocycles. The topological polar surface area (TPSA) is 35.5 Å². The Bertz CT molecular complexity index is 743. The van der Waals surface area contributed by atoms with Crippen LogP contribution in [0.5, 0.6) is 5.75 Å². The molecule has 2 rings (SSSR count). The summed E-state index contributed by atoms with van der Waals surface area (Å²) in [6.07, 6.45) is 1.64. The summed E-state index contributed by atoms with van der Waals surface area (Å²) in [5.74, 6) is -0.0896. The third kappa shape index (κ3) is 4.32. The van der Waals surface area contributed by atoms with E-state index in [-0.39, 0.29) is 12.4 Å². The minimum Gasteiger partial charge on any atom is -0.497 e. The molecule has 124 valence electrons. The van der Waals surface area contributed by atoms with Gasteiger partial charge in [0.1, 0.15) is 11.6 Å². The molecule has 0 saturated heterocycles. The van der Waals surface area contributed by atoms with Gasteiger partial charge in [-0.05, 0) is 54.0 Å². The lowest BCUT2D eigenvalue weighted by Gasteiger charge is -2.11. The van der Waals surface area contributed by atoms with E-state index in [0.29, 0.717) is 22.5 Å². The van der Waals surface area contributed by atoms with Crippen molar-refractivity contribution in [1.29, 1.82) is 0 Å². The summed E-state index contributed by atoms with van der Waals surface area (Å²) >= 11 is 0. The van der Waals surface area contributed by atoms with Crippen LogP contribution in [-0.2, 0) is 9.53 Å². The largest absolute Gasteiger partial charge is 0.497 e. The fraction of sp³-hybridized carbons (Fsp3) is 0.150. The molecule has 4 heteroatoms. The van der Waals surface area contributed by atoms with Gasteiger partial charge in [0.25, 0.3) is 0 Å². The van der Waals surface area contributed by atoms with Crippen LogP contribution in [0, 0.1) is 5.82 Å². The number of methoxy groups -OCH3 is 1. The summed E-state index contributed by atoms with van der Waals surface area (Å²) in [7, 11) is 1.59. The van der Waals surface area contributed by atoms with Crippen molar-refractivity contribution in [1.82, 2.24) is 0 Å². The standard InChI is InChI=1S/C20H19FO3/c1-4-24-20(22)19(13-15-5-9-17(21)10-6-15)14(2)16-7-11-18(23-3)12-8-16/h5-13H,2,4H2,1,3H3/b19-13-. The number of halogens is 1. The summed E-state index contributed by atoms with van der Waals surface area (Å²) in [5, 5.41) is 0. The van der Waals surface area contributed by atoms with Crippen molar-refractivity contribution in [3.05, 3.63) is 77.6 Å². The Balaban J connectivity index is 2.39. The summed E-state index contributed by atoms with van der Waals surface area (Å²) in [6.45, 7) is 6.01. The highest BCUT2D eigenvalue weighted by Crippen LogP contribution is 2.26. The maximum Gasteiger partial charge on any atom is 0.338 e. The van der Waals surface area contributed by atoms with Crippen molar-refractivity contribution in [2.45, 2.75) is 6.92 Å². The fourth-order valence-electron chi connectivity index (χ4n) is 2.15. The van der Waals surface area contributed by atoms with E-state index in [1.165, 1.54) is 12.1 Å². The van der Waals surface area contributed by atoms with Gasteiger partial charge in [0.05, 0.1) is 19.3 Å². The number of esters is 1. The molecule has 0 unspecified atom stereocenters. The van der Waals surface area contributed by atoms with Crippen LogP contribution in [0.4, 0.5) is 4.39 Å². The summed E-state index contributed by atoms with van der Waals surface area (Å²) in [5.41, 5.74) is 2.32. The first-order valence-corrected chi connectivity index (χ1v) is 7.53. The van der Waals surface area contributed by atoms with Crippen LogP contribution in [0.1, 0.15) is 18.1 Å². The van der Waals surface area contributed by atoms with Crippen LogP contribution in [0.25, 0.3) is 11.6 Å². The molecule has 0 aliphatic heterocycles. The van der Waals surface area contributed by atoms with E-state index < -0.39 is 5.97 Å². The predicted octanol–water partition coefficient (Wildman–Crippen LogP) is 4.49. The average Bonchev–Trinajstić information content (AvgIpc) is 2.61. The number of ether oxygens (including phenoxy) is 2. The Kier molecular flexibility index (Phi) is 5.90. The SMILES string of the molecule is C=C(/C(=C/c1ccc(F)cc1)C(=O)OCC)c1ccc(OC)cc1. The Morgan fingerprint density at radius 3 is 2.29 bits per heavy atom. The lowest BCUT2D eigenvalue weighted by molar-refractivity contribution is -0.137. The molecule has 0 radical (unpaired) electrons. The van der Waals surface area contributed by atoms with Crippen LogP contribution in [0.2, 0.25) is 0 Å². The fourth-order valence-corrected chi connectivity index (χ4v) is 2.15. The van der Waals surface area contributed by atoms with Gasteiger partial charge in [0.2, 0.25) is 0 Å². The maximum atomic E-state index is 13.1. The molecule has 0 spiro atoms. The van der Waals surface area contributed by atoms with Crippen LogP contribution < -0.4 is 4.74 Å². The number of carbonyl (C=O) groups excluding carboxylic acids is 1. The summed E-state index contributed by atoms with van der Waals surface area (Å²) < 4.78 is 23.3. The second-order valence-corrected chi connectivity index (χ2v) is 5.04. The Hall–Kier alpha value is -2.88. The molecule has 2 aromatic carbocycles. The smallest absolute Gasteiger partial charge is 0.338 e. The third-order valence-corrected chi connectivity index (χ3v) is 3.44. The maximum absolute atomic E-state index is 13.1. The van der Waals surface area contributed by atoms with Crippen LogP contribution in [0.15, 0.2) is 60.7 Å². The van der Waals surface area contributed by atoms with Gasteiger partial charge in [0.15, 0.2) is 0 Å². The molecular weight excluding hydrogens is 307 g/mol. The minimum absolute atomic E-state index is 0.259. The summed E-state index contributed by atoms with van der Waals surface area (Å²) in [4.78, 5) is 12.3. The second kappa shape index (κ2) is 8.11. The van der Waals surface area contributed by atoms with Gasteiger partial charge in [-0.1, -0.05) is 30.8 Å². The normalized spacial score (nSPS) is 11.0. The minimum atomic E-state index is -0.470. The van der Waals surface area contributed by atoms with E-state index >= 15 is 0 Å². The molecule has 0 aliphatic carbocycles. The molecule has 0 bridgehead atoms. The van der Waals surface area contributed by atoms with E-state index in [4.69, 9.17) is 9.47 Å². The molecule has 0 N–H and O–H groups in total. The lowest BCUT2D eigenvalue weighted by atomic mass is 9.97. The van der Waals surface area contributed by atoms with Crippen molar-refractivity contribution in [2.24, 2.45) is 0 Å². The first kappa shape index (κ1) is 17.5. The molecule has 2 aromatic rings. The van der Waals surface area contributed by atoms with E-state index in [0.717, 1.165) is 5.56 Å². The number of carbonyl (C=O) groups is 1. The van der Waals surface area contributed by atoms with Crippen molar-refractivity contribution in [3.63, 3.8) is 0 Å². The van der Waals surface area contributed by atoms with E-state index in [1.54, 1.807) is 44.4 Å². The van der Waals surface area contributed by atoms with Crippen molar-refractivity contribution >= 4 is 17.6 Å². The second-order valence-electron chi connectivity index (χ2n) is 5.04. The van der Waals surface area contributed by atoms with Crippen molar-refractivity contribution < 1.29 is 18.7 Å². The first-order valence-electron chi connectivity index (χ1n) is 7.53. The van der Waals surface area contributed by atoms with Gasteiger partial charge < -0.3 is 9.47 Å². The van der Waals surface area contributed by atoms with E-state index in [2.05, 4.69) is 6.58 Å². The Labute approximate surface area is 141 Å². The number of rotatable bonds is 6. The molecular formula is C20H19FO3. The number of hydrogen-bond donors (Lipinski definition) is 0. The highest BCUT2D eigenvalue weighted by Gasteiger charge is 2.16. The predicted molar refractivity (Wildman–Crippen MR) is 93.0 cm³/mol. The quantitative estimate of drug-likeness (QED) is 0.445. The zero-order valence-corrected chi connectivity index (χ0v) is 13.7. The molecule has 0 aliphatic rings. The van der Waals surface area contributed by atoms with Gasteiger partial charge in [-0.3, -0.25) is 0 Å². The molecule has 0 amide bonds. The van der Waals surface area contributed by atoms with Crippen LogP contribution >= 0.6 is 0 Å². The lowest BCUT2D eigenvalue weighted by Crippen LogP contribution is -2.09. The zero-order chi connectivity index (χ0) is 17.5. The highest BCUT2D eigenvalue weighted by molar-refractivity contribution is 6.09. The number of benzene rings is 2.